The van der Waals surface area contributed by atoms with Crippen LogP contribution in [-0.2, 0) is 6.54 Å². The summed E-state index contributed by atoms with van der Waals surface area (Å²) in [5.41, 5.74) is 0. The molecule has 0 saturated carbocycles. The van der Waals surface area contributed by atoms with Crippen LogP contribution in [0.15, 0.2) is 12.3 Å². The molecule has 1 aromatic heterocycles. The van der Waals surface area contributed by atoms with Crippen molar-refractivity contribution in [1.82, 2.24) is 9.78 Å². The molecular weight excluding hydrogens is 194 g/mol. The summed E-state index contributed by atoms with van der Waals surface area (Å²) in [5.74, 6) is 5.40. The van der Waals surface area contributed by atoms with Gasteiger partial charge < -0.3 is 10.1 Å². The molecule has 0 N–H and O–H groups in total. The fraction of sp³-hybridized carbons (Fsp3) is 0.286. The van der Waals surface area contributed by atoms with Crippen LogP contribution >= 0.6 is 11.6 Å². The number of alkyl halides is 1. The second-order valence-corrected chi connectivity index (χ2v) is 2.38. The Hall–Kier alpha value is -1.54. The normalized spacial score (nSPS) is 9.00. The van der Waals surface area contributed by atoms with Crippen molar-refractivity contribution in [3.63, 3.8) is 0 Å². The Morgan fingerprint density at radius 3 is 3.00 bits per heavy atom. The van der Waals surface area contributed by atoms with E-state index in [9.17, 15) is 10.1 Å². The zero-order chi connectivity index (χ0) is 9.68. The highest BCUT2D eigenvalue weighted by Crippen LogP contribution is 2.04. The number of nitro groups is 1. The molecule has 0 radical (unpaired) electrons. The number of hydrogen-bond donors (Lipinski definition) is 0. The lowest BCUT2D eigenvalue weighted by Crippen LogP contribution is -1.97. The maximum atomic E-state index is 10.2. The van der Waals surface area contributed by atoms with Crippen LogP contribution in [0.2, 0.25) is 0 Å². The third kappa shape index (κ3) is 2.76. The fourth-order valence-corrected chi connectivity index (χ4v) is 0.815. The Kier molecular flexibility index (Phi) is 3.29. The summed E-state index contributed by atoms with van der Waals surface area (Å²) in [5, 5.41) is 13.9. The van der Waals surface area contributed by atoms with Crippen molar-refractivity contribution < 1.29 is 4.92 Å². The van der Waals surface area contributed by atoms with E-state index in [1.165, 1.54) is 16.9 Å². The van der Waals surface area contributed by atoms with Gasteiger partial charge in [0.1, 0.15) is 6.54 Å². The molecular formula is C7H6ClN3O2. The molecule has 0 aromatic carbocycles. The van der Waals surface area contributed by atoms with Gasteiger partial charge in [-0.1, -0.05) is 11.8 Å². The Balaban J connectivity index is 2.64. The summed E-state index contributed by atoms with van der Waals surface area (Å²) in [4.78, 5) is 9.67. The Labute approximate surface area is 79.5 Å². The number of hydrogen-bond acceptors (Lipinski definition) is 3. The zero-order valence-electron chi connectivity index (χ0n) is 6.61. The quantitative estimate of drug-likeness (QED) is 0.309. The molecule has 13 heavy (non-hydrogen) atoms. The number of nitrogens with zero attached hydrogens (tertiary/aromatic N) is 3. The molecule has 1 heterocycles. The van der Waals surface area contributed by atoms with Crippen LogP contribution < -0.4 is 0 Å². The summed E-state index contributed by atoms with van der Waals surface area (Å²) in [6, 6.07) is 1.32. The van der Waals surface area contributed by atoms with Crippen LogP contribution in [0.5, 0.6) is 0 Å². The van der Waals surface area contributed by atoms with Crippen molar-refractivity contribution in [2.45, 2.75) is 6.54 Å². The van der Waals surface area contributed by atoms with Crippen molar-refractivity contribution in [2.75, 3.05) is 5.88 Å². The van der Waals surface area contributed by atoms with E-state index < -0.39 is 4.92 Å². The van der Waals surface area contributed by atoms with Crippen LogP contribution in [0.3, 0.4) is 0 Å². The summed E-state index contributed by atoms with van der Waals surface area (Å²) in [6.45, 7) is 0.320. The molecule has 5 nitrogen and oxygen atoms in total. The maximum Gasteiger partial charge on any atom is 0.389 e. The standard InChI is InChI=1S/C7H6ClN3O2/c8-4-1-2-5-10-6-3-7(9-10)11(12)13/h3,6H,4-5H2. The lowest BCUT2D eigenvalue weighted by atomic mass is 10.6. The fourth-order valence-electron chi connectivity index (χ4n) is 0.721. The first kappa shape index (κ1) is 9.55. The molecule has 0 unspecified atom stereocenters. The van der Waals surface area contributed by atoms with Crippen molar-refractivity contribution >= 4 is 17.4 Å². The highest BCUT2D eigenvalue weighted by Gasteiger charge is 2.08. The lowest BCUT2D eigenvalue weighted by Gasteiger charge is -1.85. The van der Waals surface area contributed by atoms with Crippen LogP contribution in [0.25, 0.3) is 0 Å². The highest BCUT2D eigenvalue weighted by molar-refractivity contribution is 6.19. The Morgan fingerprint density at radius 2 is 2.46 bits per heavy atom. The van der Waals surface area contributed by atoms with Crippen LogP contribution in [-0.4, -0.2) is 20.6 Å². The van der Waals surface area contributed by atoms with E-state index in [1.807, 2.05) is 0 Å². The molecule has 0 aliphatic heterocycles. The molecule has 68 valence electrons. The van der Waals surface area contributed by atoms with Crippen molar-refractivity contribution in [1.29, 1.82) is 0 Å². The predicted octanol–water partition coefficient (Wildman–Crippen LogP) is 1.03. The van der Waals surface area contributed by atoms with Gasteiger partial charge in [0, 0.05) is 0 Å². The number of aromatic nitrogens is 2. The number of rotatable bonds is 2. The third-order valence-electron chi connectivity index (χ3n) is 1.25. The van der Waals surface area contributed by atoms with E-state index in [1.54, 1.807) is 0 Å². The second-order valence-electron chi connectivity index (χ2n) is 2.12. The maximum absolute atomic E-state index is 10.2. The molecule has 0 amide bonds. The van der Waals surface area contributed by atoms with E-state index >= 15 is 0 Å². The molecule has 1 aromatic rings. The van der Waals surface area contributed by atoms with Gasteiger partial charge in [-0.15, -0.1) is 11.6 Å². The molecule has 0 saturated heterocycles. The minimum absolute atomic E-state index is 0.173. The molecule has 0 atom stereocenters. The molecule has 0 fully saturated rings. The minimum atomic E-state index is -0.550. The minimum Gasteiger partial charge on any atom is -0.358 e. The summed E-state index contributed by atoms with van der Waals surface area (Å²) in [7, 11) is 0. The van der Waals surface area contributed by atoms with Gasteiger partial charge in [-0.2, -0.15) is 4.68 Å². The van der Waals surface area contributed by atoms with Gasteiger partial charge in [0.25, 0.3) is 0 Å². The van der Waals surface area contributed by atoms with Gasteiger partial charge in [0.2, 0.25) is 0 Å². The lowest BCUT2D eigenvalue weighted by molar-refractivity contribution is -0.389. The largest absolute Gasteiger partial charge is 0.389 e. The highest BCUT2D eigenvalue weighted by atomic mass is 35.5. The molecule has 6 heteroatoms. The van der Waals surface area contributed by atoms with Crippen LogP contribution in [0, 0.1) is 22.0 Å². The van der Waals surface area contributed by atoms with Crippen molar-refractivity contribution in [3.05, 3.63) is 22.4 Å². The van der Waals surface area contributed by atoms with Gasteiger partial charge in [-0.05, 0) is 4.92 Å². The topological polar surface area (TPSA) is 61.0 Å². The van der Waals surface area contributed by atoms with E-state index in [0.717, 1.165) is 0 Å². The van der Waals surface area contributed by atoms with Crippen LogP contribution in [0.1, 0.15) is 0 Å². The Bertz CT molecular complexity index is 363. The molecule has 1 rings (SSSR count). The molecule has 0 aliphatic rings. The summed E-state index contributed by atoms with van der Waals surface area (Å²) < 4.78 is 1.39. The SMILES string of the molecule is O=[N+]([O-])c1ccn(CC#CCCl)n1. The Morgan fingerprint density at radius 1 is 1.69 bits per heavy atom. The first-order valence-electron chi connectivity index (χ1n) is 3.43. The monoisotopic (exact) mass is 199 g/mol. The summed E-state index contributed by atoms with van der Waals surface area (Å²) >= 11 is 5.31. The van der Waals surface area contributed by atoms with E-state index in [-0.39, 0.29) is 11.7 Å². The zero-order valence-corrected chi connectivity index (χ0v) is 7.36. The van der Waals surface area contributed by atoms with Gasteiger partial charge in [-0.3, -0.25) is 0 Å². The predicted molar refractivity (Wildman–Crippen MR) is 47.4 cm³/mol. The smallest absolute Gasteiger partial charge is 0.358 e. The van der Waals surface area contributed by atoms with Gasteiger partial charge in [-0.25, -0.2) is 0 Å². The number of halogens is 1. The first-order chi connectivity index (χ1) is 6.24. The van der Waals surface area contributed by atoms with E-state index in [4.69, 9.17) is 11.6 Å². The van der Waals surface area contributed by atoms with Crippen molar-refractivity contribution in [3.8, 4) is 11.8 Å². The average molecular weight is 200 g/mol. The molecule has 0 spiro atoms. The third-order valence-corrected chi connectivity index (χ3v) is 1.38. The van der Waals surface area contributed by atoms with E-state index in [0.29, 0.717) is 6.54 Å². The van der Waals surface area contributed by atoms with E-state index in [2.05, 4.69) is 16.9 Å². The van der Waals surface area contributed by atoms with Gasteiger partial charge >= 0.3 is 5.82 Å². The molecule has 0 aliphatic carbocycles. The van der Waals surface area contributed by atoms with Crippen molar-refractivity contribution in [2.24, 2.45) is 0 Å². The summed E-state index contributed by atoms with van der Waals surface area (Å²) in [6.07, 6.45) is 1.50. The van der Waals surface area contributed by atoms with Crippen LogP contribution in [0.4, 0.5) is 5.82 Å². The molecule has 0 bridgehead atoms. The second kappa shape index (κ2) is 4.48. The van der Waals surface area contributed by atoms with Gasteiger partial charge in [0.05, 0.1) is 23.2 Å². The average Bonchev–Trinajstić information content (AvgIpc) is 2.53. The first-order valence-corrected chi connectivity index (χ1v) is 3.97. The van der Waals surface area contributed by atoms with Gasteiger partial charge in [0.15, 0.2) is 0 Å².